The first-order chi connectivity index (χ1) is 12.8. The van der Waals surface area contributed by atoms with Crippen LogP contribution >= 0.6 is 7.26 Å². The molecule has 0 amide bonds. The van der Waals surface area contributed by atoms with Gasteiger partial charge in [0.25, 0.3) is 0 Å². The fourth-order valence-electron chi connectivity index (χ4n) is 3.62. The predicted molar refractivity (Wildman–Crippen MR) is 113 cm³/mol. The summed E-state index contributed by atoms with van der Waals surface area (Å²) >= 11 is 0. The van der Waals surface area contributed by atoms with Gasteiger partial charge < -0.3 is 0 Å². The molecule has 0 aromatic heterocycles. The van der Waals surface area contributed by atoms with E-state index in [1.54, 1.807) is 0 Å². The molecule has 3 rings (SSSR count). The van der Waals surface area contributed by atoms with Crippen molar-refractivity contribution in [1.82, 2.24) is 0 Å². The normalized spacial score (nSPS) is 11.7. The second-order valence-electron chi connectivity index (χ2n) is 6.31. The Hall–Kier alpha value is -2.44. The van der Waals surface area contributed by atoms with Crippen molar-refractivity contribution in [3.8, 4) is 0 Å². The van der Waals surface area contributed by atoms with Crippen LogP contribution in [0.4, 0.5) is 0 Å². The molecule has 0 saturated carbocycles. The quantitative estimate of drug-likeness (QED) is 0.472. The van der Waals surface area contributed by atoms with E-state index in [1.165, 1.54) is 15.9 Å². The van der Waals surface area contributed by atoms with Crippen LogP contribution in [-0.4, -0.2) is 18.7 Å². The predicted octanol–water partition coefficient (Wildman–Crippen LogP) is 3.67. The van der Waals surface area contributed by atoms with Crippen LogP contribution in [0.1, 0.15) is 13.3 Å². The van der Waals surface area contributed by atoms with Gasteiger partial charge in [0.15, 0.2) is 0 Å². The third-order valence-corrected chi connectivity index (χ3v) is 9.77. The van der Waals surface area contributed by atoms with Crippen molar-refractivity contribution in [2.75, 3.05) is 12.8 Å². The van der Waals surface area contributed by atoms with Crippen LogP contribution in [0.25, 0.3) is 0 Å². The first kappa shape index (κ1) is 18.4. The van der Waals surface area contributed by atoms with Crippen molar-refractivity contribution in [2.24, 2.45) is 0 Å². The van der Waals surface area contributed by atoms with E-state index in [0.29, 0.717) is 13.0 Å². The summed E-state index contributed by atoms with van der Waals surface area (Å²) in [7, 11) is -2.32. The van der Waals surface area contributed by atoms with Crippen LogP contribution in [0.15, 0.2) is 91.0 Å². The molecule has 3 heteroatoms. The number of carbonyl (C=O) groups excluding carboxylic acids is 1. The Kier molecular flexibility index (Phi) is 6.20. The molecule has 0 aliphatic heterocycles. The van der Waals surface area contributed by atoms with Gasteiger partial charge in [0.2, 0.25) is 0 Å². The van der Waals surface area contributed by atoms with Crippen LogP contribution in [0, 0.1) is 0 Å². The average Bonchev–Trinajstić information content (AvgIpc) is 2.71. The second kappa shape index (κ2) is 8.78. The fraction of sp³-hybridized carbons (Fsp3) is 0.174. The first-order valence-corrected chi connectivity index (χ1v) is 11.3. The van der Waals surface area contributed by atoms with Gasteiger partial charge >= 0.3 is 156 Å². The second-order valence-corrected chi connectivity index (χ2v) is 10.4. The summed E-state index contributed by atoms with van der Waals surface area (Å²) in [6, 6.07) is 31.9. The van der Waals surface area contributed by atoms with Crippen molar-refractivity contribution < 1.29 is 9.53 Å². The molecule has 0 bridgehead atoms. The zero-order chi connectivity index (χ0) is 18.2. The third-order valence-electron chi connectivity index (χ3n) is 4.81. The maximum absolute atomic E-state index is 12.2. The van der Waals surface area contributed by atoms with Gasteiger partial charge in [-0.15, -0.1) is 0 Å². The number of carbonyl (C=O) groups is 1. The van der Waals surface area contributed by atoms with Gasteiger partial charge in [-0.2, -0.15) is 0 Å². The first-order valence-electron chi connectivity index (χ1n) is 9.09. The van der Waals surface area contributed by atoms with Gasteiger partial charge in [0, 0.05) is 0 Å². The molecule has 134 valence electrons. The van der Waals surface area contributed by atoms with Crippen LogP contribution in [0.2, 0.25) is 0 Å². The van der Waals surface area contributed by atoms with E-state index in [4.69, 9.17) is 4.74 Å². The van der Waals surface area contributed by atoms with Crippen LogP contribution in [0.5, 0.6) is 0 Å². The van der Waals surface area contributed by atoms with Crippen LogP contribution < -0.4 is 15.9 Å². The minimum absolute atomic E-state index is 0.118. The summed E-state index contributed by atoms with van der Waals surface area (Å²) in [5.74, 6) is -0.118. The molecule has 3 aromatic rings. The topological polar surface area (TPSA) is 26.3 Å². The number of ether oxygens (including phenoxy) is 1. The van der Waals surface area contributed by atoms with E-state index >= 15 is 0 Å². The van der Waals surface area contributed by atoms with E-state index in [-0.39, 0.29) is 5.97 Å². The SMILES string of the molecule is CCOC(=O)CC[PH](c1ccccc1)(c1ccccc1)c1ccccc1. The monoisotopic (exact) mass is 364 g/mol. The zero-order valence-electron chi connectivity index (χ0n) is 15.1. The Labute approximate surface area is 156 Å². The number of esters is 1. The van der Waals surface area contributed by atoms with Crippen molar-refractivity contribution in [2.45, 2.75) is 13.3 Å². The molecule has 0 heterocycles. The van der Waals surface area contributed by atoms with Crippen molar-refractivity contribution in [1.29, 1.82) is 0 Å². The molecule has 0 aliphatic rings. The van der Waals surface area contributed by atoms with E-state index in [1.807, 2.05) is 25.1 Å². The summed E-state index contributed by atoms with van der Waals surface area (Å²) in [6.07, 6.45) is 1.22. The van der Waals surface area contributed by atoms with Crippen LogP contribution in [0.3, 0.4) is 0 Å². The standard InChI is InChI=1S/C23H25O2P/c1-2-25-23(24)18-19-26(20-12-6-3-7-13-20,21-14-8-4-9-15-21)22-16-10-5-11-17-22/h3-17,26H,2,18-19H2,1H3. The van der Waals surface area contributed by atoms with E-state index < -0.39 is 7.26 Å². The van der Waals surface area contributed by atoms with Gasteiger partial charge in [-0.05, 0) is 0 Å². The molecule has 0 atom stereocenters. The van der Waals surface area contributed by atoms with E-state index in [0.717, 1.165) is 6.16 Å². The van der Waals surface area contributed by atoms with Gasteiger partial charge in [0.1, 0.15) is 0 Å². The molecule has 26 heavy (non-hydrogen) atoms. The molecular formula is C23H25O2P. The van der Waals surface area contributed by atoms with E-state index in [2.05, 4.69) is 72.8 Å². The third kappa shape index (κ3) is 3.86. The molecule has 0 aliphatic carbocycles. The summed E-state index contributed by atoms with van der Waals surface area (Å²) < 4.78 is 5.23. The maximum atomic E-state index is 12.2. The number of hydrogen-bond acceptors (Lipinski definition) is 2. The molecule has 0 fully saturated rings. The molecule has 0 N–H and O–H groups in total. The summed E-state index contributed by atoms with van der Waals surface area (Å²) in [5, 5.41) is 3.96. The summed E-state index contributed by atoms with van der Waals surface area (Å²) in [6.45, 7) is 2.28. The molecule has 3 aromatic carbocycles. The van der Waals surface area contributed by atoms with Gasteiger partial charge in [-0.3, -0.25) is 0 Å². The number of rotatable bonds is 7. The molecule has 0 radical (unpaired) electrons. The number of benzene rings is 3. The molecule has 0 spiro atoms. The van der Waals surface area contributed by atoms with E-state index in [9.17, 15) is 4.79 Å². The molecular weight excluding hydrogens is 339 g/mol. The number of hydrogen-bond donors (Lipinski definition) is 0. The summed E-state index contributed by atoms with van der Waals surface area (Å²) in [5.41, 5.74) is 0. The van der Waals surface area contributed by atoms with Gasteiger partial charge in [-0.25, -0.2) is 0 Å². The average molecular weight is 364 g/mol. The van der Waals surface area contributed by atoms with Crippen molar-refractivity contribution >= 4 is 29.1 Å². The van der Waals surface area contributed by atoms with Crippen molar-refractivity contribution in [3.63, 3.8) is 0 Å². The Morgan fingerprint density at radius 1 is 0.731 bits per heavy atom. The Bertz CT molecular complexity index is 720. The molecule has 0 unspecified atom stereocenters. The fourth-order valence-corrected chi connectivity index (χ4v) is 8.35. The van der Waals surface area contributed by atoms with Gasteiger partial charge in [0.05, 0.1) is 0 Å². The van der Waals surface area contributed by atoms with Crippen molar-refractivity contribution in [3.05, 3.63) is 91.0 Å². The zero-order valence-corrected chi connectivity index (χ0v) is 16.1. The summed E-state index contributed by atoms with van der Waals surface area (Å²) in [4.78, 5) is 12.2. The Morgan fingerprint density at radius 3 is 1.46 bits per heavy atom. The molecule has 0 saturated heterocycles. The molecule has 2 nitrogen and oxygen atoms in total. The minimum atomic E-state index is -2.32. The Balaban J connectivity index is 2.16. The van der Waals surface area contributed by atoms with Crippen LogP contribution in [-0.2, 0) is 9.53 Å². The van der Waals surface area contributed by atoms with Gasteiger partial charge in [-0.1, -0.05) is 0 Å². The Morgan fingerprint density at radius 2 is 1.12 bits per heavy atom.